The van der Waals surface area contributed by atoms with Gasteiger partial charge >= 0.3 is 0 Å². The zero-order chi connectivity index (χ0) is 17.6. The number of likely N-dealkylation sites (tertiary alicyclic amines) is 2. The van der Waals surface area contributed by atoms with Crippen LogP contribution < -0.4 is 0 Å². The van der Waals surface area contributed by atoms with Crippen molar-refractivity contribution in [1.82, 2.24) is 25.0 Å². The highest BCUT2D eigenvalue weighted by molar-refractivity contribution is 5.39. The average Bonchev–Trinajstić information content (AvgIpc) is 3.10. The lowest BCUT2D eigenvalue weighted by Crippen LogP contribution is -2.59. The zero-order valence-electron chi connectivity index (χ0n) is 15.1. The van der Waals surface area contributed by atoms with Gasteiger partial charge in [0.05, 0.1) is 11.6 Å². The van der Waals surface area contributed by atoms with E-state index in [0.717, 1.165) is 55.5 Å². The Morgan fingerprint density at radius 2 is 2.12 bits per heavy atom. The Labute approximate surface area is 148 Å². The van der Waals surface area contributed by atoms with Crippen molar-refractivity contribution in [3.63, 3.8) is 0 Å². The van der Waals surface area contributed by atoms with Gasteiger partial charge in [0.1, 0.15) is 5.82 Å². The summed E-state index contributed by atoms with van der Waals surface area (Å²) in [5, 5.41) is 16.5. The SMILES string of the molecule is Cc1nc(C2CN(C)CC23CN(Cc2ccc(C#N)c(C)c2)C3)n[nH]1. The summed E-state index contributed by atoms with van der Waals surface area (Å²) in [6.45, 7) is 9.20. The maximum absolute atomic E-state index is 9.07. The molecular formula is C19H24N6. The Kier molecular flexibility index (Phi) is 3.86. The summed E-state index contributed by atoms with van der Waals surface area (Å²) >= 11 is 0. The van der Waals surface area contributed by atoms with Crippen molar-refractivity contribution in [1.29, 1.82) is 5.26 Å². The van der Waals surface area contributed by atoms with E-state index >= 15 is 0 Å². The molecule has 1 atom stereocenters. The lowest BCUT2D eigenvalue weighted by molar-refractivity contribution is -0.00942. The molecule has 0 aliphatic carbocycles. The average molecular weight is 336 g/mol. The van der Waals surface area contributed by atoms with Crippen molar-refractivity contribution in [3.8, 4) is 6.07 Å². The lowest BCUT2D eigenvalue weighted by atomic mass is 9.71. The second-order valence-electron chi connectivity index (χ2n) is 7.80. The molecule has 2 aliphatic heterocycles. The molecule has 1 N–H and O–H groups in total. The van der Waals surface area contributed by atoms with Gasteiger partial charge < -0.3 is 4.90 Å². The first-order valence-electron chi connectivity index (χ1n) is 8.78. The van der Waals surface area contributed by atoms with Gasteiger partial charge in [-0.15, -0.1) is 0 Å². The molecule has 2 fully saturated rings. The van der Waals surface area contributed by atoms with E-state index < -0.39 is 0 Å². The number of H-pyrrole nitrogens is 1. The van der Waals surface area contributed by atoms with Crippen molar-refractivity contribution in [2.45, 2.75) is 26.3 Å². The molecule has 1 spiro atoms. The fraction of sp³-hybridized carbons (Fsp3) is 0.526. The maximum Gasteiger partial charge on any atom is 0.155 e. The summed E-state index contributed by atoms with van der Waals surface area (Å²) in [6.07, 6.45) is 0. The van der Waals surface area contributed by atoms with E-state index in [0.29, 0.717) is 5.92 Å². The van der Waals surface area contributed by atoms with E-state index in [-0.39, 0.29) is 5.41 Å². The monoisotopic (exact) mass is 336 g/mol. The fourth-order valence-electron chi connectivity index (χ4n) is 4.57. The molecule has 4 rings (SSSR count). The number of aromatic amines is 1. The predicted octanol–water partition coefficient (Wildman–Crippen LogP) is 1.82. The Balaban J connectivity index is 1.46. The number of hydrogen-bond donors (Lipinski definition) is 1. The summed E-state index contributed by atoms with van der Waals surface area (Å²) in [6, 6.07) is 8.39. The first-order valence-corrected chi connectivity index (χ1v) is 8.78. The summed E-state index contributed by atoms with van der Waals surface area (Å²) in [5.74, 6) is 2.26. The highest BCUT2D eigenvalue weighted by atomic mass is 15.3. The van der Waals surface area contributed by atoms with Gasteiger partial charge in [-0.25, -0.2) is 4.98 Å². The van der Waals surface area contributed by atoms with Crippen LogP contribution in [0.4, 0.5) is 0 Å². The molecule has 0 amide bonds. The number of likely N-dealkylation sites (N-methyl/N-ethyl adjacent to an activating group) is 1. The van der Waals surface area contributed by atoms with Gasteiger partial charge in [0.15, 0.2) is 5.82 Å². The van der Waals surface area contributed by atoms with Crippen molar-refractivity contribution in [3.05, 3.63) is 46.5 Å². The molecule has 2 aliphatic rings. The van der Waals surface area contributed by atoms with Crippen LogP contribution in [0.5, 0.6) is 0 Å². The minimum absolute atomic E-state index is 0.269. The number of nitriles is 1. The molecule has 0 bridgehead atoms. The van der Waals surface area contributed by atoms with E-state index in [4.69, 9.17) is 5.26 Å². The van der Waals surface area contributed by atoms with Crippen LogP contribution in [0, 0.1) is 30.6 Å². The first-order chi connectivity index (χ1) is 12.0. The van der Waals surface area contributed by atoms with Gasteiger partial charge in [-0.3, -0.25) is 10.00 Å². The second-order valence-corrected chi connectivity index (χ2v) is 7.80. The van der Waals surface area contributed by atoms with E-state index in [1.165, 1.54) is 5.56 Å². The molecule has 1 unspecified atom stereocenters. The molecule has 3 heterocycles. The normalized spacial score (nSPS) is 22.9. The van der Waals surface area contributed by atoms with Crippen LogP contribution >= 0.6 is 0 Å². The molecule has 1 aromatic heterocycles. The number of hydrogen-bond acceptors (Lipinski definition) is 5. The van der Waals surface area contributed by atoms with Crippen LogP contribution in [-0.2, 0) is 6.54 Å². The minimum Gasteiger partial charge on any atom is -0.305 e. The first kappa shape index (κ1) is 16.2. The molecule has 25 heavy (non-hydrogen) atoms. The second kappa shape index (κ2) is 5.94. The van der Waals surface area contributed by atoms with Gasteiger partial charge in [0, 0.05) is 44.1 Å². The van der Waals surface area contributed by atoms with Crippen molar-refractivity contribution in [2.75, 3.05) is 33.2 Å². The van der Waals surface area contributed by atoms with E-state index in [1.54, 1.807) is 0 Å². The minimum atomic E-state index is 0.269. The molecule has 130 valence electrons. The summed E-state index contributed by atoms with van der Waals surface area (Å²) in [5.41, 5.74) is 3.37. The van der Waals surface area contributed by atoms with E-state index in [9.17, 15) is 0 Å². The number of aromatic nitrogens is 3. The van der Waals surface area contributed by atoms with Gasteiger partial charge in [-0.2, -0.15) is 10.4 Å². The van der Waals surface area contributed by atoms with E-state index in [1.807, 2.05) is 19.9 Å². The number of nitrogens with zero attached hydrogens (tertiary/aromatic N) is 5. The zero-order valence-corrected chi connectivity index (χ0v) is 15.1. The quantitative estimate of drug-likeness (QED) is 0.926. The molecule has 0 saturated carbocycles. The Morgan fingerprint density at radius 3 is 2.76 bits per heavy atom. The highest BCUT2D eigenvalue weighted by Gasteiger charge is 2.54. The Bertz CT molecular complexity index is 827. The van der Waals surface area contributed by atoms with Gasteiger partial charge in [0.25, 0.3) is 0 Å². The van der Waals surface area contributed by atoms with Crippen LogP contribution in [0.3, 0.4) is 0 Å². The van der Waals surface area contributed by atoms with Crippen LogP contribution in [-0.4, -0.2) is 58.2 Å². The standard InChI is InChI=1S/C19H24N6/c1-13-6-15(4-5-16(13)7-20)8-25-11-19(12-25)10-24(3)9-17(19)18-21-14(2)22-23-18/h4-6,17H,8-12H2,1-3H3,(H,21,22,23). The smallest absolute Gasteiger partial charge is 0.155 e. The predicted molar refractivity (Wildman–Crippen MR) is 95.0 cm³/mol. The van der Waals surface area contributed by atoms with Gasteiger partial charge in [0.2, 0.25) is 0 Å². The topological polar surface area (TPSA) is 71.8 Å². The van der Waals surface area contributed by atoms with Gasteiger partial charge in [-0.1, -0.05) is 12.1 Å². The highest BCUT2D eigenvalue weighted by Crippen LogP contribution is 2.48. The third kappa shape index (κ3) is 2.84. The number of benzene rings is 1. The maximum atomic E-state index is 9.07. The third-order valence-electron chi connectivity index (χ3n) is 5.64. The summed E-state index contributed by atoms with van der Waals surface area (Å²) in [7, 11) is 2.19. The van der Waals surface area contributed by atoms with Crippen LogP contribution in [0.2, 0.25) is 0 Å². The van der Waals surface area contributed by atoms with Crippen LogP contribution in [0.15, 0.2) is 18.2 Å². The van der Waals surface area contributed by atoms with E-state index in [2.05, 4.69) is 50.2 Å². The molecule has 6 heteroatoms. The third-order valence-corrected chi connectivity index (χ3v) is 5.64. The number of aryl methyl sites for hydroxylation is 2. The molecule has 2 aromatic rings. The molecular weight excluding hydrogens is 312 g/mol. The largest absolute Gasteiger partial charge is 0.305 e. The number of rotatable bonds is 3. The molecule has 2 saturated heterocycles. The van der Waals surface area contributed by atoms with Crippen molar-refractivity contribution < 1.29 is 0 Å². The molecule has 1 aromatic carbocycles. The lowest BCUT2D eigenvalue weighted by Gasteiger charge is -2.50. The van der Waals surface area contributed by atoms with Gasteiger partial charge in [-0.05, 0) is 38.1 Å². The Morgan fingerprint density at radius 1 is 1.32 bits per heavy atom. The number of nitrogens with one attached hydrogen (secondary N) is 1. The van der Waals surface area contributed by atoms with Crippen LogP contribution in [0.25, 0.3) is 0 Å². The molecule has 6 nitrogen and oxygen atoms in total. The summed E-state index contributed by atoms with van der Waals surface area (Å²) < 4.78 is 0. The van der Waals surface area contributed by atoms with Crippen molar-refractivity contribution in [2.24, 2.45) is 5.41 Å². The molecule has 0 radical (unpaired) electrons. The summed E-state index contributed by atoms with van der Waals surface area (Å²) in [4.78, 5) is 9.50. The van der Waals surface area contributed by atoms with Crippen LogP contribution in [0.1, 0.15) is 34.3 Å². The fourth-order valence-corrected chi connectivity index (χ4v) is 4.57. The van der Waals surface area contributed by atoms with Crippen molar-refractivity contribution >= 4 is 0 Å². The Hall–Kier alpha value is -2.23.